The summed E-state index contributed by atoms with van der Waals surface area (Å²) in [4.78, 5) is 36.6. The van der Waals surface area contributed by atoms with Gasteiger partial charge in [0.15, 0.2) is 18.1 Å². The average Bonchev–Trinajstić information content (AvgIpc) is 2.82. The van der Waals surface area contributed by atoms with E-state index in [2.05, 4.69) is 19.1 Å². The topological polar surface area (TPSA) is 112 Å². The van der Waals surface area contributed by atoms with Gasteiger partial charge in [0.05, 0.1) is 6.54 Å². The lowest BCUT2D eigenvalue weighted by Gasteiger charge is -2.49. The Hall–Kier alpha value is -1.89. The van der Waals surface area contributed by atoms with Crippen LogP contribution in [0.4, 0.5) is 0 Å². The molecule has 0 bridgehead atoms. The van der Waals surface area contributed by atoms with Crippen molar-refractivity contribution in [3.63, 3.8) is 0 Å². The number of carboxylic acid groups (broad SMARTS) is 3. The van der Waals surface area contributed by atoms with Gasteiger partial charge >= 0.3 is 17.9 Å². The van der Waals surface area contributed by atoms with Crippen LogP contribution >= 0.6 is 0 Å². The highest BCUT2D eigenvalue weighted by Crippen LogP contribution is 2.32. The van der Waals surface area contributed by atoms with Crippen molar-refractivity contribution in [3.8, 4) is 0 Å². The summed E-state index contributed by atoms with van der Waals surface area (Å²) in [6, 6.07) is -3.24. The van der Waals surface area contributed by atoms with Crippen LogP contribution in [0.15, 0.2) is 12.2 Å². The fraction of sp³-hybridized carbons (Fsp3) is 0.828. The molecule has 0 aliphatic carbocycles. The van der Waals surface area contributed by atoms with Crippen LogP contribution in [-0.2, 0) is 14.4 Å². The van der Waals surface area contributed by atoms with Crippen molar-refractivity contribution in [2.75, 3.05) is 6.54 Å². The molecule has 36 heavy (non-hydrogen) atoms. The van der Waals surface area contributed by atoms with Crippen molar-refractivity contribution in [2.24, 2.45) is 0 Å². The molecule has 0 rings (SSSR count). The summed E-state index contributed by atoms with van der Waals surface area (Å²) in [7, 11) is 0. The van der Waals surface area contributed by atoms with E-state index in [4.69, 9.17) is 0 Å². The first-order chi connectivity index (χ1) is 17.2. The molecule has 0 aromatic carbocycles. The van der Waals surface area contributed by atoms with Gasteiger partial charge in [-0.25, -0.2) is 14.4 Å². The first-order valence-corrected chi connectivity index (χ1v) is 14.4. The lowest BCUT2D eigenvalue weighted by Crippen LogP contribution is -2.72. The normalized spacial score (nSPS) is 15.9. The van der Waals surface area contributed by atoms with E-state index in [-0.39, 0.29) is 25.8 Å². The molecule has 0 fully saturated rings. The van der Waals surface area contributed by atoms with E-state index in [9.17, 15) is 29.7 Å². The highest BCUT2D eigenvalue weighted by molar-refractivity contribution is 5.78. The van der Waals surface area contributed by atoms with Gasteiger partial charge in [-0.15, -0.1) is 0 Å². The fourth-order valence-electron chi connectivity index (χ4n) is 5.75. The van der Waals surface area contributed by atoms with Crippen LogP contribution in [0.5, 0.6) is 0 Å². The SMILES string of the molecule is CCCCCCCCCCCC/C=C/CCC[N+](C(CC)C(=O)O)(C(CC)C(=O)O)C(CC)C(=O)O. The zero-order valence-electron chi connectivity index (χ0n) is 23.4. The smallest absolute Gasteiger partial charge is 0.362 e. The summed E-state index contributed by atoms with van der Waals surface area (Å²) in [5.74, 6) is -3.39. The molecule has 0 aliphatic rings. The molecule has 0 heterocycles. The molecule has 0 aromatic rings. The number of carboxylic acids is 3. The van der Waals surface area contributed by atoms with Gasteiger partial charge in [-0.05, 0) is 19.3 Å². The molecule has 3 unspecified atom stereocenters. The van der Waals surface area contributed by atoms with Crippen molar-refractivity contribution in [2.45, 2.75) is 149 Å². The molecule has 0 radical (unpaired) electrons. The second-order valence-corrected chi connectivity index (χ2v) is 10.1. The van der Waals surface area contributed by atoms with E-state index >= 15 is 0 Å². The Labute approximate surface area is 219 Å². The van der Waals surface area contributed by atoms with Gasteiger partial charge in [-0.2, -0.15) is 0 Å². The van der Waals surface area contributed by atoms with Crippen LogP contribution in [-0.4, -0.2) is 62.4 Å². The molecular weight excluding hydrogens is 458 g/mol. The number of hydrogen-bond acceptors (Lipinski definition) is 3. The fourth-order valence-corrected chi connectivity index (χ4v) is 5.75. The molecule has 0 aromatic heterocycles. The van der Waals surface area contributed by atoms with E-state index in [1.54, 1.807) is 20.8 Å². The molecule has 210 valence electrons. The number of hydrogen-bond donors (Lipinski definition) is 3. The quantitative estimate of drug-likeness (QED) is 0.0726. The van der Waals surface area contributed by atoms with Gasteiger partial charge in [-0.1, -0.05) is 97.6 Å². The van der Waals surface area contributed by atoms with E-state index in [0.717, 1.165) is 12.8 Å². The van der Waals surface area contributed by atoms with Gasteiger partial charge in [-0.3, -0.25) is 4.48 Å². The Balaban J connectivity index is 4.95. The van der Waals surface area contributed by atoms with Crippen LogP contribution in [0.2, 0.25) is 0 Å². The highest BCUT2D eigenvalue weighted by atomic mass is 16.4. The maximum absolute atomic E-state index is 12.2. The number of quaternary nitrogens is 1. The maximum atomic E-state index is 12.2. The van der Waals surface area contributed by atoms with Crippen LogP contribution in [0, 0.1) is 0 Å². The number of allylic oxidation sites excluding steroid dienone is 2. The third-order valence-corrected chi connectivity index (χ3v) is 7.56. The van der Waals surface area contributed by atoms with E-state index in [1.165, 1.54) is 57.8 Å². The molecule has 7 heteroatoms. The molecule has 0 aliphatic heterocycles. The Morgan fingerprint density at radius 3 is 1.22 bits per heavy atom. The molecular formula is C29H54NO6+. The summed E-state index contributed by atoms with van der Waals surface area (Å²) in [6.07, 6.45) is 20.0. The van der Waals surface area contributed by atoms with Crippen LogP contribution in [0.1, 0.15) is 130 Å². The van der Waals surface area contributed by atoms with E-state index in [0.29, 0.717) is 12.8 Å². The van der Waals surface area contributed by atoms with Gasteiger partial charge in [0.2, 0.25) is 0 Å². The number of unbranched alkanes of at least 4 members (excludes halogenated alkanes) is 11. The molecule has 0 spiro atoms. The Bertz CT molecular complexity index is 593. The predicted octanol–water partition coefficient (Wildman–Crippen LogP) is 7.04. The third kappa shape index (κ3) is 11.4. The Kier molecular flexibility index (Phi) is 19.1. The van der Waals surface area contributed by atoms with Gasteiger partial charge in [0, 0.05) is 25.7 Å². The standard InChI is InChI=1S/C29H53NO6/c1-5-9-10-11-12-13-14-15-16-17-18-19-20-21-22-23-30(24(6-2)27(31)32,25(7-3)28(33)34)26(8-4)29(35)36/h19-20,24-26H,5-18,21-23H2,1-4H3,(H2-,31,32,33,34,35,36)/p+1/b20-19+. The minimum Gasteiger partial charge on any atom is -0.477 e. The number of carbonyl (C=O) groups is 3. The van der Waals surface area contributed by atoms with Crippen LogP contribution < -0.4 is 0 Å². The molecule has 0 saturated heterocycles. The lowest BCUT2D eigenvalue weighted by molar-refractivity contribution is -0.973. The summed E-state index contributed by atoms with van der Waals surface area (Å²) in [6.45, 7) is 7.54. The third-order valence-electron chi connectivity index (χ3n) is 7.56. The van der Waals surface area contributed by atoms with Crippen molar-refractivity contribution < 1.29 is 34.2 Å². The second kappa shape index (κ2) is 20.2. The monoisotopic (exact) mass is 512 g/mol. The first-order valence-electron chi connectivity index (χ1n) is 14.4. The second-order valence-electron chi connectivity index (χ2n) is 10.1. The zero-order chi connectivity index (χ0) is 27.4. The zero-order valence-corrected chi connectivity index (χ0v) is 23.4. The summed E-state index contributed by atoms with van der Waals surface area (Å²) in [5.41, 5.74) is 0. The molecule has 3 atom stereocenters. The van der Waals surface area contributed by atoms with E-state index in [1.807, 2.05) is 0 Å². The minimum absolute atomic E-state index is 0.178. The summed E-state index contributed by atoms with van der Waals surface area (Å²) < 4.78 is -0.435. The van der Waals surface area contributed by atoms with Crippen molar-refractivity contribution >= 4 is 17.9 Å². The van der Waals surface area contributed by atoms with Crippen molar-refractivity contribution in [1.29, 1.82) is 0 Å². The highest BCUT2D eigenvalue weighted by Gasteiger charge is 2.55. The van der Waals surface area contributed by atoms with Crippen LogP contribution in [0.25, 0.3) is 0 Å². The van der Waals surface area contributed by atoms with Gasteiger partial charge in [0.1, 0.15) is 0 Å². The predicted molar refractivity (Wildman–Crippen MR) is 145 cm³/mol. The van der Waals surface area contributed by atoms with Gasteiger partial charge < -0.3 is 15.3 Å². The lowest BCUT2D eigenvalue weighted by atomic mass is 9.94. The minimum atomic E-state index is -1.13. The first kappa shape index (κ1) is 34.1. The van der Waals surface area contributed by atoms with Crippen molar-refractivity contribution in [1.82, 2.24) is 0 Å². The molecule has 0 saturated carbocycles. The molecule has 3 N–H and O–H groups in total. The largest absolute Gasteiger partial charge is 0.477 e. The molecule has 7 nitrogen and oxygen atoms in total. The summed E-state index contributed by atoms with van der Waals surface area (Å²) in [5, 5.41) is 29.9. The Morgan fingerprint density at radius 1 is 0.556 bits per heavy atom. The molecule has 0 amide bonds. The summed E-state index contributed by atoms with van der Waals surface area (Å²) >= 11 is 0. The Morgan fingerprint density at radius 2 is 0.889 bits per heavy atom. The maximum Gasteiger partial charge on any atom is 0.362 e. The number of nitrogens with zero attached hydrogens (tertiary/aromatic N) is 1. The van der Waals surface area contributed by atoms with Gasteiger partial charge in [0.25, 0.3) is 0 Å². The number of rotatable bonds is 24. The van der Waals surface area contributed by atoms with E-state index < -0.39 is 40.5 Å². The number of aliphatic carboxylic acids is 3. The van der Waals surface area contributed by atoms with Crippen LogP contribution in [0.3, 0.4) is 0 Å². The average molecular weight is 513 g/mol. The van der Waals surface area contributed by atoms with Crippen molar-refractivity contribution in [3.05, 3.63) is 12.2 Å².